The standard InChI is InChI=1S/C15H14FN3S/c1-11(12-7-9-13(16)10-8-12)18-19-15(20)17-14-5-3-2-4-6-14/h2-10H,1H3,(H2,17,19,20). The molecule has 2 aromatic carbocycles. The Morgan fingerprint density at radius 1 is 1.05 bits per heavy atom. The number of hydrazone groups is 1. The SMILES string of the molecule is CC(=NNC(=S)Nc1ccccc1)c1ccc(F)cc1. The van der Waals surface area contributed by atoms with Gasteiger partial charge in [0.15, 0.2) is 5.11 Å². The van der Waals surface area contributed by atoms with Crippen LogP contribution in [0.2, 0.25) is 0 Å². The fourth-order valence-electron chi connectivity index (χ4n) is 1.57. The van der Waals surface area contributed by atoms with Crippen molar-refractivity contribution in [1.82, 2.24) is 5.43 Å². The smallest absolute Gasteiger partial charge is 0.191 e. The van der Waals surface area contributed by atoms with E-state index < -0.39 is 0 Å². The Balaban J connectivity index is 1.95. The zero-order chi connectivity index (χ0) is 14.4. The van der Waals surface area contributed by atoms with E-state index in [1.54, 1.807) is 12.1 Å². The molecule has 2 rings (SSSR count). The Hall–Kier alpha value is -2.27. The number of para-hydroxylation sites is 1. The van der Waals surface area contributed by atoms with Gasteiger partial charge in [0, 0.05) is 5.69 Å². The molecule has 2 N–H and O–H groups in total. The summed E-state index contributed by atoms with van der Waals surface area (Å²) in [6.45, 7) is 1.82. The van der Waals surface area contributed by atoms with Crippen LogP contribution in [0, 0.1) is 5.82 Å². The van der Waals surface area contributed by atoms with E-state index in [1.807, 2.05) is 37.3 Å². The van der Waals surface area contributed by atoms with Crippen LogP contribution in [0.5, 0.6) is 0 Å². The predicted octanol–water partition coefficient (Wildman–Crippen LogP) is 3.54. The lowest BCUT2D eigenvalue weighted by Gasteiger charge is -2.07. The topological polar surface area (TPSA) is 36.4 Å². The molecular formula is C15H14FN3S. The minimum atomic E-state index is -0.268. The number of thiocarbonyl (C=S) groups is 1. The van der Waals surface area contributed by atoms with E-state index >= 15 is 0 Å². The van der Waals surface area contributed by atoms with Gasteiger partial charge >= 0.3 is 0 Å². The van der Waals surface area contributed by atoms with Crippen molar-refractivity contribution in [3.05, 3.63) is 66.0 Å². The van der Waals surface area contributed by atoms with E-state index in [2.05, 4.69) is 15.8 Å². The molecule has 0 aromatic heterocycles. The molecule has 0 fully saturated rings. The van der Waals surface area contributed by atoms with Crippen LogP contribution in [-0.4, -0.2) is 10.8 Å². The molecule has 0 unspecified atom stereocenters. The van der Waals surface area contributed by atoms with Gasteiger partial charge in [0.1, 0.15) is 5.82 Å². The van der Waals surface area contributed by atoms with Crippen LogP contribution >= 0.6 is 12.2 Å². The largest absolute Gasteiger partial charge is 0.331 e. The molecule has 0 bridgehead atoms. The highest BCUT2D eigenvalue weighted by Gasteiger charge is 1.99. The average molecular weight is 287 g/mol. The number of nitrogens with zero attached hydrogens (tertiary/aromatic N) is 1. The Labute approximate surface area is 122 Å². The second-order valence-electron chi connectivity index (χ2n) is 4.14. The molecule has 0 aliphatic heterocycles. The second-order valence-corrected chi connectivity index (χ2v) is 4.54. The summed E-state index contributed by atoms with van der Waals surface area (Å²) in [7, 11) is 0. The monoisotopic (exact) mass is 287 g/mol. The van der Waals surface area contributed by atoms with E-state index in [1.165, 1.54) is 12.1 Å². The Kier molecular flexibility index (Phi) is 4.79. The number of anilines is 1. The molecule has 0 saturated heterocycles. The van der Waals surface area contributed by atoms with E-state index in [0.29, 0.717) is 5.11 Å². The predicted molar refractivity (Wildman–Crippen MR) is 84.4 cm³/mol. The number of hydrogen-bond acceptors (Lipinski definition) is 2. The van der Waals surface area contributed by atoms with Crippen molar-refractivity contribution in [2.45, 2.75) is 6.92 Å². The van der Waals surface area contributed by atoms with E-state index in [9.17, 15) is 4.39 Å². The first kappa shape index (κ1) is 14.1. The first-order valence-electron chi connectivity index (χ1n) is 6.07. The Morgan fingerprint density at radius 2 is 1.70 bits per heavy atom. The summed E-state index contributed by atoms with van der Waals surface area (Å²) in [4.78, 5) is 0. The van der Waals surface area contributed by atoms with Crippen LogP contribution in [0.3, 0.4) is 0 Å². The molecule has 0 aliphatic carbocycles. The maximum absolute atomic E-state index is 12.8. The van der Waals surface area contributed by atoms with Crippen molar-refractivity contribution < 1.29 is 4.39 Å². The number of hydrogen-bond donors (Lipinski definition) is 2. The van der Waals surface area contributed by atoms with Crippen LogP contribution in [0.25, 0.3) is 0 Å². The summed E-state index contributed by atoms with van der Waals surface area (Å²) in [5.74, 6) is -0.268. The molecule has 0 amide bonds. The van der Waals surface area contributed by atoms with Crippen molar-refractivity contribution in [2.75, 3.05) is 5.32 Å². The van der Waals surface area contributed by atoms with Gasteiger partial charge in [-0.3, -0.25) is 5.43 Å². The van der Waals surface area contributed by atoms with Crippen LogP contribution < -0.4 is 10.7 Å². The first-order valence-corrected chi connectivity index (χ1v) is 6.48. The third kappa shape index (κ3) is 4.13. The lowest BCUT2D eigenvalue weighted by molar-refractivity contribution is 0.628. The molecule has 0 saturated carbocycles. The lowest BCUT2D eigenvalue weighted by atomic mass is 10.1. The molecule has 5 heteroatoms. The van der Waals surface area contributed by atoms with E-state index in [4.69, 9.17) is 12.2 Å². The fraction of sp³-hybridized carbons (Fsp3) is 0.0667. The fourth-order valence-corrected chi connectivity index (χ4v) is 1.73. The lowest BCUT2D eigenvalue weighted by Crippen LogP contribution is -2.24. The van der Waals surface area contributed by atoms with Crippen LogP contribution in [0.15, 0.2) is 59.7 Å². The van der Waals surface area contributed by atoms with Crippen LogP contribution in [0.4, 0.5) is 10.1 Å². The quantitative estimate of drug-likeness (QED) is 0.515. The normalized spacial score (nSPS) is 11.0. The third-order valence-corrected chi connectivity index (χ3v) is 2.81. The summed E-state index contributed by atoms with van der Waals surface area (Å²) in [5.41, 5.74) is 5.21. The second kappa shape index (κ2) is 6.77. The van der Waals surface area contributed by atoms with Crippen LogP contribution in [0.1, 0.15) is 12.5 Å². The zero-order valence-corrected chi connectivity index (χ0v) is 11.7. The van der Waals surface area contributed by atoms with Crippen molar-refractivity contribution in [3.63, 3.8) is 0 Å². The molecule has 3 nitrogen and oxygen atoms in total. The molecule has 0 heterocycles. The highest BCUT2D eigenvalue weighted by molar-refractivity contribution is 7.80. The molecule has 20 heavy (non-hydrogen) atoms. The van der Waals surface area contributed by atoms with Gasteiger partial charge in [0.25, 0.3) is 0 Å². The summed E-state index contributed by atoms with van der Waals surface area (Å²) >= 11 is 5.14. The zero-order valence-electron chi connectivity index (χ0n) is 10.9. The van der Waals surface area contributed by atoms with Crippen molar-refractivity contribution in [2.24, 2.45) is 5.10 Å². The summed E-state index contributed by atoms with van der Waals surface area (Å²) in [5, 5.41) is 7.57. The first-order chi connectivity index (χ1) is 9.65. The van der Waals surface area contributed by atoms with Crippen molar-refractivity contribution >= 4 is 28.7 Å². The minimum Gasteiger partial charge on any atom is -0.331 e. The Bertz CT molecular complexity index is 609. The number of nitrogens with one attached hydrogen (secondary N) is 2. The highest BCUT2D eigenvalue weighted by atomic mass is 32.1. The van der Waals surface area contributed by atoms with Crippen molar-refractivity contribution in [1.29, 1.82) is 0 Å². The van der Waals surface area contributed by atoms with Gasteiger partial charge in [0.2, 0.25) is 0 Å². The maximum Gasteiger partial charge on any atom is 0.191 e. The van der Waals surface area contributed by atoms with Gasteiger partial charge in [0.05, 0.1) is 5.71 Å². The van der Waals surface area contributed by atoms with Crippen molar-refractivity contribution in [3.8, 4) is 0 Å². The number of halogens is 1. The summed E-state index contributed by atoms with van der Waals surface area (Å²) in [6.07, 6.45) is 0. The van der Waals surface area contributed by atoms with Gasteiger partial charge in [-0.1, -0.05) is 30.3 Å². The van der Waals surface area contributed by atoms with Gasteiger partial charge in [-0.05, 0) is 49.0 Å². The summed E-state index contributed by atoms with van der Waals surface area (Å²) in [6, 6.07) is 15.7. The number of rotatable bonds is 3. The van der Waals surface area contributed by atoms with Gasteiger partial charge < -0.3 is 5.32 Å². The minimum absolute atomic E-state index is 0.268. The molecule has 0 spiro atoms. The average Bonchev–Trinajstić information content (AvgIpc) is 2.46. The number of benzene rings is 2. The van der Waals surface area contributed by atoms with Gasteiger partial charge in [-0.25, -0.2) is 4.39 Å². The van der Waals surface area contributed by atoms with Gasteiger partial charge in [-0.2, -0.15) is 5.10 Å². The van der Waals surface area contributed by atoms with E-state index in [-0.39, 0.29) is 5.82 Å². The Morgan fingerprint density at radius 3 is 2.35 bits per heavy atom. The highest BCUT2D eigenvalue weighted by Crippen LogP contribution is 2.05. The molecule has 102 valence electrons. The summed E-state index contributed by atoms with van der Waals surface area (Å²) < 4.78 is 12.8. The molecule has 0 atom stereocenters. The van der Waals surface area contributed by atoms with Gasteiger partial charge in [-0.15, -0.1) is 0 Å². The molecular weight excluding hydrogens is 273 g/mol. The molecule has 0 radical (unpaired) electrons. The van der Waals surface area contributed by atoms with Crippen LogP contribution in [-0.2, 0) is 0 Å². The molecule has 0 aliphatic rings. The molecule has 2 aromatic rings. The van der Waals surface area contributed by atoms with E-state index in [0.717, 1.165) is 17.0 Å². The maximum atomic E-state index is 12.8. The third-order valence-electron chi connectivity index (χ3n) is 2.62.